The van der Waals surface area contributed by atoms with Gasteiger partial charge in [-0.05, 0) is 25.8 Å². The number of fused-ring (bicyclic) bond motifs is 1. The highest BCUT2D eigenvalue weighted by molar-refractivity contribution is 5.54. The van der Waals surface area contributed by atoms with E-state index in [1.54, 1.807) is 0 Å². The van der Waals surface area contributed by atoms with Crippen LogP contribution in [-0.4, -0.2) is 29.7 Å². The van der Waals surface area contributed by atoms with Gasteiger partial charge in [-0.2, -0.15) is 4.98 Å². The van der Waals surface area contributed by atoms with E-state index in [9.17, 15) is 0 Å². The van der Waals surface area contributed by atoms with E-state index in [0.29, 0.717) is 19.2 Å². The van der Waals surface area contributed by atoms with E-state index >= 15 is 0 Å². The standard InChI is InChI=1S/C17H20N4O2/c1-11-10-15(20-17(18)19-11)21-7-3-5-13(21)12-4-2-6-14-16(12)23-9-8-22-14/h2,4,6,10,13H,3,5,7-9H2,1H3,(H2,18,19,20). The number of rotatable bonds is 2. The summed E-state index contributed by atoms with van der Waals surface area (Å²) < 4.78 is 11.6. The predicted octanol–water partition coefficient (Wildman–Crippen LogP) is 2.48. The number of nitrogens with zero attached hydrogens (tertiary/aromatic N) is 3. The number of nitrogens with two attached hydrogens (primary N) is 1. The van der Waals surface area contributed by atoms with Crippen molar-refractivity contribution in [1.29, 1.82) is 0 Å². The van der Waals surface area contributed by atoms with Gasteiger partial charge >= 0.3 is 0 Å². The van der Waals surface area contributed by atoms with Crippen LogP contribution in [0.15, 0.2) is 24.3 Å². The van der Waals surface area contributed by atoms with Crippen molar-refractivity contribution in [3.8, 4) is 11.5 Å². The summed E-state index contributed by atoms with van der Waals surface area (Å²) in [7, 11) is 0. The first-order valence-electron chi connectivity index (χ1n) is 7.99. The van der Waals surface area contributed by atoms with Crippen molar-refractivity contribution in [2.75, 3.05) is 30.4 Å². The van der Waals surface area contributed by atoms with Gasteiger partial charge in [0.25, 0.3) is 0 Å². The van der Waals surface area contributed by atoms with Gasteiger partial charge in [0.05, 0.1) is 6.04 Å². The van der Waals surface area contributed by atoms with Crippen LogP contribution < -0.4 is 20.1 Å². The zero-order valence-electron chi connectivity index (χ0n) is 13.2. The Bertz CT molecular complexity index is 714. The van der Waals surface area contributed by atoms with Gasteiger partial charge in [0, 0.05) is 23.9 Å². The van der Waals surface area contributed by atoms with Crippen molar-refractivity contribution < 1.29 is 9.47 Å². The fourth-order valence-electron chi connectivity index (χ4n) is 3.44. The van der Waals surface area contributed by atoms with Crippen LogP contribution in [0.25, 0.3) is 0 Å². The average molecular weight is 312 g/mol. The predicted molar refractivity (Wildman–Crippen MR) is 87.9 cm³/mol. The molecule has 0 radical (unpaired) electrons. The Kier molecular flexibility index (Phi) is 3.44. The molecule has 1 saturated heterocycles. The molecule has 6 nitrogen and oxygen atoms in total. The van der Waals surface area contributed by atoms with Crippen molar-refractivity contribution in [1.82, 2.24) is 9.97 Å². The highest BCUT2D eigenvalue weighted by atomic mass is 16.6. The minimum atomic E-state index is 0.223. The molecule has 0 saturated carbocycles. The van der Waals surface area contributed by atoms with E-state index in [1.165, 1.54) is 0 Å². The summed E-state index contributed by atoms with van der Waals surface area (Å²) in [6.07, 6.45) is 2.17. The quantitative estimate of drug-likeness (QED) is 0.918. The lowest BCUT2D eigenvalue weighted by Crippen LogP contribution is -2.26. The fourth-order valence-corrected chi connectivity index (χ4v) is 3.44. The molecule has 4 rings (SSSR count). The number of aryl methyl sites for hydroxylation is 1. The molecule has 1 atom stereocenters. The molecule has 1 unspecified atom stereocenters. The number of ether oxygens (including phenoxy) is 2. The van der Waals surface area contributed by atoms with E-state index in [-0.39, 0.29) is 6.04 Å². The minimum Gasteiger partial charge on any atom is -0.486 e. The van der Waals surface area contributed by atoms with E-state index in [0.717, 1.165) is 48.0 Å². The maximum Gasteiger partial charge on any atom is 0.222 e. The van der Waals surface area contributed by atoms with Crippen LogP contribution in [0.3, 0.4) is 0 Å². The van der Waals surface area contributed by atoms with Gasteiger partial charge in [-0.3, -0.25) is 0 Å². The van der Waals surface area contributed by atoms with E-state index in [1.807, 2.05) is 25.1 Å². The number of para-hydroxylation sites is 1. The van der Waals surface area contributed by atoms with E-state index in [2.05, 4.69) is 20.9 Å². The molecule has 1 aromatic carbocycles. The Morgan fingerprint density at radius 3 is 2.96 bits per heavy atom. The van der Waals surface area contributed by atoms with Crippen molar-refractivity contribution in [2.24, 2.45) is 0 Å². The second-order valence-corrected chi connectivity index (χ2v) is 5.95. The maximum atomic E-state index is 5.89. The van der Waals surface area contributed by atoms with E-state index in [4.69, 9.17) is 15.2 Å². The number of nitrogen functional groups attached to an aromatic ring is 1. The molecule has 0 bridgehead atoms. The molecule has 2 aromatic rings. The molecule has 2 aliphatic heterocycles. The van der Waals surface area contributed by atoms with E-state index < -0.39 is 0 Å². The first-order chi connectivity index (χ1) is 11.2. The van der Waals surface area contributed by atoms with Gasteiger partial charge in [-0.1, -0.05) is 12.1 Å². The van der Waals surface area contributed by atoms with Crippen LogP contribution in [0.1, 0.15) is 30.1 Å². The number of benzene rings is 1. The third-order valence-corrected chi connectivity index (χ3v) is 4.36. The van der Waals surface area contributed by atoms with Crippen molar-refractivity contribution in [2.45, 2.75) is 25.8 Å². The summed E-state index contributed by atoms with van der Waals surface area (Å²) in [5.74, 6) is 2.90. The lowest BCUT2D eigenvalue weighted by molar-refractivity contribution is 0.169. The summed E-state index contributed by atoms with van der Waals surface area (Å²) in [5.41, 5.74) is 7.87. The molecule has 23 heavy (non-hydrogen) atoms. The monoisotopic (exact) mass is 312 g/mol. The number of aromatic nitrogens is 2. The molecule has 1 aromatic heterocycles. The summed E-state index contributed by atoms with van der Waals surface area (Å²) in [6.45, 7) is 4.09. The highest BCUT2D eigenvalue weighted by Crippen LogP contribution is 2.44. The molecule has 3 heterocycles. The maximum absolute atomic E-state index is 5.89. The Hall–Kier alpha value is -2.50. The van der Waals surface area contributed by atoms with Crippen LogP contribution in [0.4, 0.5) is 11.8 Å². The highest BCUT2D eigenvalue weighted by Gasteiger charge is 2.31. The normalized spacial score (nSPS) is 19.9. The van der Waals surface area contributed by atoms with Crippen LogP contribution in [0.5, 0.6) is 11.5 Å². The van der Waals surface area contributed by atoms with Gasteiger partial charge in [-0.25, -0.2) is 4.98 Å². The fraction of sp³-hybridized carbons (Fsp3) is 0.412. The van der Waals surface area contributed by atoms with Crippen molar-refractivity contribution >= 4 is 11.8 Å². The summed E-state index contributed by atoms with van der Waals surface area (Å²) >= 11 is 0. The minimum absolute atomic E-state index is 0.223. The van der Waals surface area contributed by atoms with Crippen LogP contribution in [0.2, 0.25) is 0 Å². The van der Waals surface area contributed by atoms with Gasteiger partial charge in [0.1, 0.15) is 19.0 Å². The van der Waals surface area contributed by atoms with Gasteiger partial charge < -0.3 is 20.1 Å². The molecule has 2 N–H and O–H groups in total. The lowest BCUT2D eigenvalue weighted by atomic mass is 10.0. The van der Waals surface area contributed by atoms with Crippen molar-refractivity contribution in [3.63, 3.8) is 0 Å². The summed E-state index contributed by atoms with van der Waals surface area (Å²) in [6, 6.07) is 8.32. The second-order valence-electron chi connectivity index (χ2n) is 5.95. The van der Waals surface area contributed by atoms with Crippen LogP contribution in [0, 0.1) is 6.92 Å². The zero-order valence-corrected chi connectivity index (χ0v) is 13.2. The third-order valence-electron chi connectivity index (χ3n) is 4.36. The summed E-state index contributed by atoms with van der Waals surface area (Å²) in [5, 5.41) is 0. The molecule has 120 valence electrons. The van der Waals surface area contributed by atoms with Crippen LogP contribution in [-0.2, 0) is 0 Å². The largest absolute Gasteiger partial charge is 0.486 e. The topological polar surface area (TPSA) is 73.5 Å². The third kappa shape index (κ3) is 2.54. The molecule has 0 aliphatic carbocycles. The number of hydrogen-bond acceptors (Lipinski definition) is 6. The number of hydrogen-bond donors (Lipinski definition) is 1. The van der Waals surface area contributed by atoms with Gasteiger partial charge in [0.15, 0.2) is 11.5 Å². The Balaban J connectivity index is 1.74. The van der Waals surface area contributed by atoms with Crippen molar-refractivity contribution in [3.05, 3.63) is 35.5 Å². The van der Waals surface area contributed by atoms with Gasteiger partial charge in [-0.15, -0.1) is 0 Å². The average Bonchev–Trinajstić information content (AvgIpc) is 3.03. The molecule has 0 spiro atoms. The molecular weight excluding hydrogens is 292 g/mol. The second kappa shape index (κ2) is 5.61. The smallest absolute Gasteiger partial charge is 0.222 e. The first kappa shape index (κ1) is 14.1. The van der Waals surface area contributed by atoms with Crippen LogP contribution >= 0.6 is 0 Å². The zero-order chi connectivity index (χ0) is 15.8. The molecule has 0 amide bonds. The SMILES string of the molecule is Cc1cc(N2CCCC2c2cccc3c2OCCO3)nc(N)n1. The molecule has 6 heteroatoms. The first-order valence-corrected chi connectivity index (χ1v) is 7.99. The number of anilines is 2. The Morgan fingerprint density at radius 1 is 1.22 bits per heavy atom. The Labute approximate surface area is 135 Å². The van der Waals surface area contributed by atoms with Gasteiger partial charge in [0.2, 0.25) is 5.95 Å². The lowest BCUT2D eigenvalue weighted by Gasteiger charge is -2.29. The summed E-state index contributed by atoms with van der Waals surface area (Å²) in [4.78, 5) is 10.9. The Morgan fingerprint density at radius 2 is 2.09 bits per heavy atom. The molecular formula is C17H20N4O2. The molecule has 1 fully saturated rings. The molecule has 2 aliphatic rings.